The summed E-state index contributed by atoms with van der Waals surface area (Å²) in [6.45, 7) is 1.82. The normalized spacial score (nSPS) is 24.4. The first kappa shape index (κ1) is 8.52. The summed E-state index contributed by atoms with van der Waals surface area (Å²) in [5.74, 6) is 1.48. The van der Waals surface area contributed by atoms with E-state index >= 15 is 0 Å². The van der Waals surface area contributed by atoms with Crippen molar-refractivity contribution >= 4 is 5.82 Å². The van der Waals surface area contributed by atoms with E-state index in [2.05, 4.69) is 43.9 Å². The molecule has 1 aliphatic heterocycles. The van der Waals surface area contributed by atoms with E-state index in [1.807, 2.05) is 0 Å². The highest BCUT2D eigenvalue weighted by atomic mass is 15.4. The van der Waals surface area contributed by atoms with E-state index in [1.165, 1.54) is 5.70 Å². The molecular formula is C10H13N5. The van der Waals surface area contributed by atoms with E-state index in [9.17, 15) is 0 Å². The number of nitrogens with one attached hydrogen (secondary N) is 2. The van der Waals surface area contributed by atoms with Gasteiger partial charge in [-0.3, -0.25) is 0 Å². The van der Waals surface area contributed by atoms with Crippen molar-refractivity contribution in [2.45, 2.75) is 6.42 Å². The molecule has 2 N–H and O–H groups in total. The summed E-state index contributed by atoms with van der Waals surface area (Å²) in [4.78, 5) is 2.20. The van der Waals surface area contributed by atoms with Gasteiger partial charge in [-0.15, -0.1) is 5.10 Å². The third kappa shape index (κ3) is 1.49. The Morgan fingerprint density at radius 3 is 3.33 bits per heavy atom. The van der Waals surface area contributed by atoms with Crippen LogP contribution in [0.1, 0.15) is 6.42 Å². The van der Waals surface area contributed by atoms with Crippen LogP contribution in [0.15, 0.2) is 30.1 Å². The molecule has 5 heteroatoms. The molecule has 0 aromatic carbocycles. The standard InChI is InChI=1S/C10H13N5/c1-2-4-9-8(3-1)6-15(7-11-9)10-5-12-14-13-10/h1-2,4-5,8,11H,3,6-7H2,(H,12,13,14). The minimum Gasteiger partial charge on any atom is -0.371 e. The number of hydrogen-bond acceptors (Lipinski definition) is 4. The van der Waals surface area contributed by atoms with E-state index in [4.69, 9.17) is 0 Å². The zero-order chi connectivity index (χ0) is 10.1. The molecule has 1 aliphatic carbocycles. The maximum Gasteiger partial charge on any atom is 0.172 e. The van der Waals surface area contributed by atoms with Crippen molar-refractivity contribution in [2.75, 3.05) is 18.1 Å². The number of aromatic amines is 1. The SMILES string of the molecule is C1=CCC2CN(c3cn[nH]n3)CNC2=C1. The van der Waals surface area contributed by atoms with Gasteiger partial charge >= 0.3 is 0 Å². The van der Waals surface area contributed by atoms with Crippen LogP contribution >= 0.6 is 0 Å². The Hall–Kier alpha value is -1.78. The van der Waals surface area contributed by atoms with Crippen LogP contribution in [0.3, 0.4) is 0 Å². The van der Waals surface area contributed by atoms with Crippen molar-refractivity contribution in [1.29, 1.82) is 0 Å². The molecular weight excluding hydrogens is 190 g/mol. The second-order valence-electron chi connectivity index (χ2n) is 3.87. The zero-order valence-corrected chi connectivity index (χ0v) is 8.35. The molecule has 1 unspecified atom stereocenters. The summed E-state index contributed by atoms with van der Waals surface area (Å²) in [5, 5.41) is 14.0. The maximum atomic E-state index is 4.09. The van der Waals surface area contributed by atoms with Gasteiger partial charge in [0.05, 0.1) is 12.9 Å². The number of nitrogens with zero attached hydrogens (tertiary/aromatic N) is 3. The maximum absolute atomic E-state index is 4.09. The molecule has 1 saturated heterocycles. The lowest BCUT2D eigenvalue weighted by Gasteiger charge is -2.36. The second kappa shape index (κ2) is 3.42. The molecule has 1 aromatic heterocycles. The highest BCUT2D eigenvalue weighted by molar-refractivity contribution is 5.37. The van der Waals surface area contributed by atoms with Crippen molar-refractivity contribution in [3.63, 3.8) is 0 Å². The van der Waals surface area contributed by atoms with Crippen molar-refractivity contribution in [2.24, 2.45) is 5.92 Å². The zero-order valence-electron chi connectivity index (χ0n) is 8.35. The van der Waals surface area contributed by atoms with Gasteiger partial charge in [-0.1, -0.05) is 12.2 Å². The van der Waals surface area contributed by atoms with Crippen LogP contribution in [0.25, 0.3) is 0 Å². The Bertz CT molecular complexity index is 392. The van der Waals surface area contributed by atoms with Crippen LogP contribution < -0.4 is 10.2 Å². The molecule has 0 amide bonds. The predicted molar refractivity (Wildman–Crippen MR) is 57.1 cm³/mol. The monoisotopic (exact) mass is 203 g/mol. The molecule has 1 atom stereocenters. The van der Waals surface area contributed by atoms with Crippen LogP contribution in [-0.4, -0.2) is 28.6 Å². The lowest BCUT2D eigenvalue weighted by molar-refractivity contribution is 0.479. The van der Waals surface area contributed by atoms with E-state index in [-0.39, 0.29) is 0 Å². The van der Waals surface area contributed by atoms with E-state index < -0.39 is 0 Å². The fourth-order valence-corrected chi connectivity index (χ4v) is 2.09. The lowest BCUT2D eigenvalue weighted by Crippen LogP contribution is -2.46. The first-order chi connectivity index (χ1) is 7.43. The minimum absolute atomic E-state index is 0.570. The smallest absolute Gasteiger partial charge is 0.172 e. The van der Waals surface area contributed by atoms with Crippen molar-refractivity contribution in [1.82, 2.24) is 20.7 Å². The average Bonchev–Trinajstić information content (AvgIpc) is 2.82. The molecule has 0 saturated carbocycles. The number of anilines is 1. The van der Waals surface area contributed by atoms with Gasteiger partial charge < -0.3 is 10.2 Å². The van der Waals surface area contributed by atoms with Gasteiger partial charge in [-0.2, -0.15) is 10.3 Å². The Morgan fingerprint density at radius 2 is 2.47 bits per heavy atom. The van der Waals surface area contributed by atoms with Gasteiger partial charge in [0.1, 0.15) is 0 Å². The van der Waals surface area contributed by atoms with Gasteiger partial charge in [-0.25, -0.2) is 0 Å². The van der Waals surface area contributed by atoms with Gasteiger partial charge in [0.25, 0.3) is 0 Å². The Labute approximate surface area is 87.9 Å². The fraction of sp³-hybridized carbons (Fsp3) is 0.400. The van der Waals surface area contributed by atoms with Crippen LogP contribution in [0, 0.1) is 5.92 Å². The molecule has 1 aromatic rings. The molecule has 15 heavy (non-hydrogen) atoms. The molecule has 78 valence electrons. The highest BCUT2D eigenvalue weighted by Crippen LogP contribution is 2.24. The average molecular weight is 203 g/mol. The van der Waals surface area contributed by atoms with Gasteiger partial charge in [0.15, 0.2) is 5.82 Å². The van der Waals surface area contributed by atoms with Crippen LogP contribution in [0.5, 0.6) is 0 Å². The van der Waals surface area contributed by atoms with E-state index in [0.29, 0.717) is 5.92 Å². The molecule has 0 spiro atoms. The second-order valence-corrected chi connectivity index (χ2v) is 3.87. The van der Waals surface area contributed by atoms with Crippen LogP contribution in [0.4, 0.5) is 5.82 Å². The number of rotatable bonds is 1. The summed E-state index contributed by atoms with van der Waals surface area (Å²) in [5.41, 5.74) is 1.34. The summed E-state index contributed by atoms with van der Waals surface area (Å²) < 4.78 is 0. The molecule has 2 heterocycles. The fourth-order valence-electron chi connectivity index (χ4n) is 2.09. The molecule has 1 fully saturated rings. The van der Waals surface area contributed by atoms with Crippen molar-refractivity contribution < 1.29 is 0 Å². The number of allylic oxidation sites excluding steroid dienone is 3. The first-order valence-corrected chi connectivity index (χ1v) is 5.15. The van der Waals surface area contributed by atoms with E-state index in [0.717, 1.165) is 25.5 Å². The predicted octanol–water partition coefficient (Wildman–Crippen LogP) is 0.632. The number of hydrogen-bond donors (Lipinski definition) is 2. The molecule has 0 bridgehead atoms. The lowest BCUT2D eigenvalue weighted by atomic mass is 9.95. The largest absolute Gasteiger partial charge is 0.371 e. The third-order valence-electron chi connectivity index (χ3n) is 2.91. The summed E-state index contributed by atoms with van der Waals surface area (Å²) in [6.07, 6.45) is 9.35. The molecule has 2 aliphatic rings. The molecule has 3 rings (SSSR count). The Morgan fingerprint density at radius 1 is 1.47 bits per heavy atom. The highest BCUT2D eigenvalue weighted by Gasteiger charge is 2.24. The molecule has 5 nitrogen and oxygen atoms in total. The van der Waals surface area contributed by atoms with Crippen molar-refractivity contribution in [3.8, 4) is 0 Å². The van der Waals surface area contributed by atoms with Crippen LogP contribution in [0.2, 0.25) is 0 Å². The first-order valence-electron chi connectivity index (χ1n) is 5.15. The summed E-state index contributed by atoms with van der Waals surface area (Å²) >= 11 is 0. The van der Waals surface area contributed by atoms with Gasteiger partial charge in [-0.05, 0) is 12.5 Å². The topological polar surface area (TPSA) is 56.8 Å². The Kier molecular flexibility index (Phi) is 1.94. The quantitative estimate of drug-likeness (QED) is 0.703. The number of fused-ring (bicyclic) bond motifs is 1. The minimum atomic E-state index is 0.570. The number of aromatic nitrogens is 3. The van der Waals surface area contributed by atoms with Crippen LogP contribution in [-0.2, 0) is 0 Å². The summed E-state index contributed by atoms with van der Waals surface area (Å²) in [7, 11) is 0. The number of H-pyrrole nitrogens is 1. The van der Waals surface area contributed by atoms with Gasteiger partial charge in [0.2, 0.25) is 0 Å². The summed E-state index contributed by atoms with van der Waals surface area (Å²) in [6, 6.07) is 0. The van der Waals surface area contributed by atoms with E-state index in [1.54, 1.807) is 6.20 Å². The van der Waals surface area contributed by atoms with Gasteiger partial charge in [0, 0.05) is 18.2 Å². The third-order valence-corrected chi connectivity index (χ3v) is 2.91. The van der Waals surface area contributed by atoms with Crippen molar-refractivity contribution in [3.05, 3.63) is 30.1 Å². The molecule has 0 radical (unpaired) electrons. The Balaban J connectivity index is 1.77.